The highest BCUT2D eigenvalue weighted by Gasteiger charge is 2.53. The van der Waals surface area contributed by atoms with Gasteiger partial charge in [0.05, 0.1) is 30.2 Å². The smallest absolute Gasteiger partial charge is 0.325 e. The second kappa shape index (κ2) is 7.55. The van der Waals surface area contributed by atoms with Crippen molar-refractivity contribution in [3.8, 4) is 5.75 Å². The molecular formula is C22H24N2O4S. The summed E-state index contributed by atoms with van der Waals surface area (Å²) in [5.74, 6) is 0.710. The minimum atomic E-state index is -3.20. The Morgan fingerprint density at radius 3 is 2.34 bits per heavy atom. The lowest BCUT2D eigenvalue weighted by molar-refractivity contribution is 0.206. The third-order valence-corrected chi connectivity index (χ3v) is 7.17. The lowest BCUT2D eigenvalue weighted by Crippen LogP contribution is -2.37. The van der Waals surface area contributed by atoms with Gasteiger partial charge >= 0.3 is 6.03 Å². The van der Waals surface area contributed by atoms with Gasteiger partial charge < -0.3 is 9.64 Å². The molecule has 0 bridgehead atoms. The van der Waals surface area contributed by atoms with E-state index in [-0.39, 0.29) is 29.6 Å². The summed E-state index contributed by atoms with van der Waals surface area (Å²) in [5, 5.41) is 0. The van der Waals surface area contributed by atoms with Crippen molar-refractivity contribution in [2.24, 2.45) is 0 Å². The highest BCUT2D eigenvalue weighted by atomic mass is 32.2. The molecule has 0 aliphatic carbocycles. The molecule has 0 saturated carbocycles. The molecule has 0 aromatic heterocycles. The third-order valence-electron chi connectivity index (χ3n) is 5.47. The molecule has 0 radical (unpaired) electrons. The number of sulfone groups is 1. The van der Waals surface area contributed by atoms with Crippen LogP contribution in [0.2, 0.25) is 0 Å². The van der Waals surface area contributed by atoms with Crippen molar-refractivity contribution in [1.82, 2.24) is 4.90 Å². The van der Waals surface area contributed by atoms with E-state index in [1.165, 1.54) is 0 Å². The van der Waals surface area contributed by atoms with E-state index in [9.17, 15) is 13.2 Å². The molecule has 7 heteroatoms. The van der Waals surface area contributed by atoms with Gasteiger partial charge in [-0.1, -0.05) is 36.9 Å². The molecule has 152 valence electrons. The lowest BCUT2D eigenvalue weighted by Gasteiger charge is -2.23. The van der Waals surface area contributed by atoms with Gasteiger partial charge in [-0.25, -0.2) is 13.2 Å². The van der Waals surface area contributed by atoms with Crippen LogP contribution in [0.4, 0.5) is 10.5 Å². The maximum absolute atomic E-state index is 13.3. The first-order chi connectivity index (χ1) is 13.9. The van der Waals surface area contributed by atoms with E-state index in [0.29, 0.717) is 18.8 Å². The summed E-state index contributed by atoms with van der Waals surface area (Å²) in [6.45, 7) is 6.59. The molecule has 4 rings (SSSR count). The summed E-state index contributed by atoms with van der Waals surface area (Å²) in [7, 11) is -3.20. The molecule has 2 heterocycles. The quantitative estimate of drug-likeness (QED) is 0.683. The van der Waals surface area contributed by atoms with Crippen molar-refractivity contribution in [1.29, 1.82) is 0 Å². The first-order valence-electron chi connectivity index (χ1n) is 9.66. The van der Waals surface area contributed by atoms with E-state index in [4.69, 9.17) is 4.74 Å². The topological polar surface area (TPSA) is 66.9 Å². The van der Waals surface area contributed by atoms with Gasteiger partial charge in [0.25, 0.3) is 0 Å². The number of amides is 2. The third kappa shape index (κ3) is 3.74. The van der Waals surface area contributed by atoms with Crippen LogP contribution in [0.1, 0.15) is 18.1 Å². The van der Waals surface area contributed by atoms with Crippen molar-refractivity contribution in [3.63, 3.8) is 0 Å². The molecule has 6 nitrogen and oxygen atoms in total. The Morgan fingerprint density at radius 2 is 1.72 bits per heavy atom. The molecule has 0 N–H and O–H groups in total. The van der Waals surface area contributed by atoms with E-state index < -0.39 is 9.84 Å². The molecule has 2 aromatic rings. The predicted octanol–water partition coefficient (Wildman–Crippen LogP) is 3.34. The van der Waals surface area contributed by atoms with Crippen LogP contribution in [0.3, 0.4) is 0 Å². The Hall–Kier alpha value is -2.80. The minimum Gasteiger partial charge on any atom is -0.494 e. The number of urea groups is 1. The fourth-order valence-corrected chi connectivity index (χ4v) is 6.04. The lowest BCUT2D eigenvalue weighted by atomic mass is 10.1. The molecular weight excluding hydrogens is 388 g/mol. The van der Waals surface area contributed by atoms with Crippen LogP contribution in [-0.4, -0.2) is 49.5 Å². The van der Waals surface area contributed by atoms with Gasteiger partial charge in [-0.05, 0) is 42.3 Å². The van der Waals surface area contributed by atoms with E-state index in [1.807, 2.05) is 43.3 Å². The summed E-state index contributed by atoms with van der Waals surface area (Å²) in [4.78, 5) is 16.6. The van der Waals surface area contributed by atoms with E-state index in [1.54, 1.807) is 28.0 Å². The summed E-state index contributed by atoms with van der Waals surface area (Å²) in [6.07, 6.45) is 1.76. The van der Waals surface area contributed by atoms with Crippen molar-refractivity contribution in [2.45, 2.75) is 25.6 Å². The zero-order valence-corrected chi connectivity index (χ0v) is 17.1. The first-order valence-corrected chi connectivity index (χ1v) is 11.5. The fourth-order valence-electron chi connectivity index (χ4n) is 4.09. The highest BCUT2D eigenvalue weighted by Crippen LogP contribution is 2.36. The molecule has 0 unspecified atom stereocenters. The van der Waals surface area contributed by atoms with Crippen LogP contribution < -0.4 is 9.64 Å². The highest BCUT2D eigenvalue weighted by molar-refractivity contribution is 7.91. The number of fused-ring (bicyclic) bond motifs is 1. The van der Waals surface area contributed by atoms with E-state index in [0.717, 1.165) is 16.9 Å². The van der Waals surface area contributed by atoms with Crippen LogP contribution >= 0.6 is 0 Å². The molecule has 29 heavy (non-hydrogen) atoms. The summed E-state index contributed by atoms with van der Waals surface area (Å²) >= 11 is 0. The molecule has 2 saturated heterocycles. The van der Waals surface area contributed by atoms with E-state index >= 15 is 0 Å². The van der Waals surface area contributed by atoms with Gasteiger partial charge in [-0.2, -0.15) is 0 Å². The van der Waals surface area contributed by atoms with Crippen molar-refractivity contribution in [2.75, 3.05) is 23.0 Å². The van der Waals surface area contributed by atoms with Crippen LogP contribution in [0, 0.1) is 0 Å². The molecule has 0 spiro atoms. The van der Waals surface area contributed by atoms with Crippen molar-refractivity contribution < 1.29 is 17.9 Å². The van der Waals surface area contributed by atoms with Gasteiger partial charge in [0, 0.05) is 12.2 Å². The molecule has 2 aliphatic rings. The second-order valence-corrected chi connectivity index (χ2v) is 9.52. The van der Waals surface area contributed by atoms with Crippen molar-refractivity contribution in [3.05, 3.63) is 66.2 Å². The summed E-state index contributed by atoms with van der Waals surface area (Å²) in [6, 6.07) is 14.1. The number of carbonyl (C=O) groups is 1. The van der Waals surface area contributed by atoms with Gasteiger partial charge in [-0.15, -0.1) is 0 Å². The summed E-state index contributed by atoms with van der Waals surface area (Å²) < 4.78 is 30.2. The number of hydrogen-bond acceptors (Lipinski definition) is 4. The SMILES string of the molecule is C=Cc1ccc(CN2C(=O)N(c3ccc(OCC)cc3)[C@@H]3CS(=O)(=O)C[C@H]32)cc1. The van der Waals surface area contributed by atoms with Crippen LogP contribution in [-0.2, 0) is 16.4 Å². The number of ether oxygens (including phenoxy) is 1. The van der Waals surface area contributed by atoms with Gasteiger partial charge in [-0.3, -0.25) is 4.90 Å². The van der Waals surface area contributed by atoms with Crippen LogP contribution in [0.5, 0.6) is 5.75 Å². The molecule has 2 aromatic carbocycles. The largest absolute Gasteiger partial charge is 0.494 e. The Labute approximate surface area is 171 Å². The number of hydrogen-bond donors (Lipinski definition) is 0. The Bertz CT molecular complexity index is 1020. The maximum Gasteiger partial charge on any atom is 0.325 e. The fraction of sp³-hybridized carbons (Fsp3) is 0.318. The van der Waals surface area contributed by atoms with Gasteiger partial charge in [0.1, 0.15) is 5.75 Å². The van der Waals surface area contributed by atoms with E-state index in [2.05, 4.69) is 6.58 Å². The minimum absolute atomic E-state index is 0.00166. The second-order valence-electron chi connectivity index (χ2n) is 7.36. The number of carbonyl (C=O) groups excluding carboxylic acids is 1. The van der Waals surface area contributed by atoms with Crippen LogP contribution in [0.15, 0.2) is 55.1 Å². The first kappa shape index (κ1) is 19.5. The predicted molar refractivity (Wildman–Crippen MR) is 114 cm³/mol. The zero-order valence-electron chi connectivity index (χ0n) is 16.3. The molecule has 2 fully saturated rings. The number of benzene rings is 2. The Kier molecular flexibility index (Phi) is 5.08. The Balaban J connectivity index is 1.64. The molecule has 2 aliphatic heterocycles. The number of anilines is 1. The normalized spacial score (nSPS) is 22.6. The Morgan fingerprint density at radius 1 is 1.07 bits per heavy atom. The average Bonchev–Trinajstić information content (AvgIpc) is 3.14. The van der Waals surface area contributed by atoms with Crippen LogP contribution in [0.25, 0.3) is 6.08 Å². The molecule has 2 amide bonds. The molecule has 2 atom stereocenters. The van der Waals surface area contributed by atoms with Gasteiger partial charge in [0.2, 0.25) is 0 Å². The van der Waals surface area contributed by atoms with Crippen molar-refractivity contribution >= 4 is 27.6 Å². The summed E-state index contributed by atoms with van der Waals surface area (Å²) in [5.41, 5.74) is 2.65. The van der Waals surface area contributed by atoms with Gasteiger partial charge in [0.15, 0.2) is 9.84 Å². The average molecular weight is 413 g/mol. The number of nitrogens with zero attached hydrogens (tertiary/aromatic N) is 2. The monoisotopic (exact) mass is 412 g/mol. The zero-order chi connectivity index (χ0) is 20.6. The maximum atomic E-state index is 13.3. The number of rotatable bonds is 6. The standard InChI is InChI=1S/C22H24N2O4S/c1-3-16-5-7-17(8-6-16)13-23-20-14-29(26,27)15-21(20)24(22(23)25)18-9-11-19(12-10-18)28-4-2/h3,5-12,20-21H,1,4,13-15H2,2H3/t20-,21-/m1/s1.